The molecule has 0 aromatic carbocycles. The summed E-state index contributed by atoms with van der Waals surface area (Å²) in [4.78, 5) is 23.6. The smallest absolute Gasteiger partial charge is 0.255 e. The van der Waals surface area contributed by atoms with E-state index < -0.39 is 0 Å². The van der Waals surface area contributed by atoms with E-state index in [-0.39, 0.29) is 5.91 Å². The number of aromatic nitrogens is 1. The Kier molecular flexibility index (Phi) is 4.74. The highest BCUT2D eigenvalue weighted by Gasteiger charge is 2.26. The molecule has 1 aromatic rings. The Balaban J connectivity index is 1.62. The monoisotopic (exact) mass is 302 g/mol. The summed E-state index contributed by atoms with van der Waals surface area (Å²) in [6.45, 7) is 6.60. The van der Waals surface area contributed by atoms with E-state index in [2.05, 4.69) is 21.8 Å². The third-order valence-corrected chi connectivity index (χ3v) is 4.93. The highest BCUT2D eigenvalue weighted by molar-refractivity contribution is 5.95. The summed E-state index contributed by atoms with van der Waals surface area (Å²) in [6, 6.07) is 3.76. The number of nitrogens with zero attached hydrogens (tertiary/aromatic N) is 4. The number of hydrogen-bond acceptors (Lipinski definition) is 4. The zero-order valence-electron chi connectivity index (χ0n) is 13.7. The van der Waals surface area contributed by atoms with E-state index in [0.29, 0.717) is 5.92 Å². The number of fused-ring (bicyclic) bond motifs is 1. The topological polar surface area (TPSA) is 39.7 Å². The molecule has 1 unspecified atom stereocenters. The van der Waals surface area contributed by atoms with Gasteiger partial charge < -0.3 is 14.7 Å². The molecule has 0 saturated carbocycles. The first-order valence-corrected chi connectivity index (χ1v) is 8.23. The zero-order chi connectivity index (χ0) is 15.5. The first-order chi connectivity index (χ1) is 10.6. The number of carbonyl (C=O) groups is 1. The van der Waals surface area contributed by atoms with Crippen LogP contribution in [0, 0.1) is 5.92 Å². The van der Waals surface area contributed by atoms with Crippen LogP contribution in [0.15, 0.2) is 18.3 Å². The maximum Gasteiger partial charge on any atom is 0.255 e. The van der Waals surface area contributed by atoms with Gasteiger partial charge in [0, 0.05) is 46.0 Å². The number of amides is 1. The van der Waals surface area contributed by atoms with Gasteiger partial charge in [-0.25, -0.2) is 0 Å². The van der Waals surface area contributed by atoms with Gasteiger partial charge >= 0.3 is 0 Å². The number of rotatable bonds is 3. The quantitative estimate of drug-likeness (QED) is 0.834. The van der Waals surface area contributed by atoms with Crippen LogP contribution in [-0.2, 0) is 6.42 Å². The van der Waals surface area contributed by atoms with Crippen molar-refractivity contribution in [2.24, 2.45) is 5.92 Å². The highest BCUT2D eigenvalue weighted by atomic mass is 16.2. The molecule has 1 aromatic heterocycles. The molecular weight excluding hydrogens is 276 g/mol. The Bertz CT molecular complexity index is 525. The van der Waals surface area contributed by atoms with Crippen molar-refractivity contribution in [2.45, 2.75) is 12.8 Å². The van der Waals surface area contributed by atoms with E-state index in [1.807, 2.05) is 24.1 Å². The van der Waals surface area contributed by atoms with Crippen molar-refractivity contribution >= 4 is 5.91 Å². The predicted molar refractivity (Wildman–Crippen MR) is 86.9 cm³/mol. The van der Waals surface area contributed by atoms with Crippen LogP contribution in [0.3, 0.4) is 0 Å². The average Bonchev–Trinajstić information content (AvgIpc) is 2.65. The SMILES string of the molecule is CN1CCN(CCC2Cc3ncccc3C(=O)N(C)C2)CC1. The Morgan fingerprint density at radius 1 is 1.23 bits per heavy atom. The van der Waals surface area contributed by atoms with Crippen LogP contribution in [0.1, 0.15) is 22.5 Å². The van der Waals surface area contributed by atoms with E-state index in [0.717, 1.165) is 63.4 Å². The highest BCUT2D eigenvalue weighted by Crippen LogP contribution is 2.22. The van der Waals surface area contributed by atoms with Crippen molar-refractivity contribution < 1.29 is 4.79 Å². The molecule has 0 N–H and O–H groups in total. The lowest BCUT2D eigenvalue weighted by atomic mass is 9.98. The van der Waals surface area contributed by atoms with Crippen molar-refractivity contribution in [3.05, 3.63) is 29.6 Å². The van der Waals surface area contributed by atoms with Gasteiger partial charge in [-0.1, -0.05) is 0 Å². The van der Waals surface area contributed by atoms with Gasteiger partial charge in [0.25, 0.3) is 5.91 Å². The molecule has 0 bridgehead atoms. The third-order valence-electron chi connectivity index (χ3n) is 4.93. The summed E-state index contributed by atoms with van der Waals surface area (Å²) in [6.07, 6.45) is 3.85. The summed E-state index contributed by atoms with van der Waals surface area (Å²) < 4.78 is 0. The summed E-state index contributed by atoms with van der Waals surface area (Å²) in [7, 11) is 4.10. The van der Waals surface area contributed by atoms with E-state index in [1.54, 1.807) is 6.20 Å². The van der Waals surface area contributed by atoms with E-state index in [4.69, 9.17) is 0 Å². The first-order valence-electron chi connectivity index (χ1n) is 8.23. The fourth-order valence-electron chi connectivity index (χ4n) is 3.44. The second-order valence-electron chi connectivity index (χ2n) is 6.69. The lowest BCUT2D eigenvalue weighted by Gasteiger charge is -2.33. The van der Waals surface area contributed by atoms with Gasteiger partial charge in [-0.3, -0.25) is 9.78 Å². The van der Waals surface area contributed by atoms with Crippen LogP contribution >= 0.6 is 0 Å². The van der Waals surface area contributed by atoms with Gasteiger partial charge in [0.05, 0.1) is 11.3 Å². The van der Waals surface area contributed by atoms with Gasteiger partial charge in [0.15, 0.2) is 0 Å². The third kappa shape index (κ3) is 3.47. The number of piperazine rings is 1. The lowest BCUT2D eigenvalue weighted by Crippen LogP contribution is -2.45. The lowest BCUT2D eigenvalue weighted by molar-refractivity contribution is 0.0774. The number of hydrogen-bond donors (Lipinski definition) is 0. The Labute approximate surface area is 132 Å². The molecule has 22 heavy (non-hydrogen) atoms. The van der Waals surface area contributed by atoms with Crippen LogP contribution in [0.4, 0.5) is 0 Å². The summed E-state index contributed by atoms with van der Waals surface area (Å²) in [5, 5.41) is 0. The molecule has 3 rings (SSSR count). The maximum atomic E-state index is 12.4. The van der Waals surface area contributed by atoms with Crippen molar-refractivity contribution in [2.75, 3.05) is 53.4 Å². The molecule has 0 spiro atoms. The largest absolute Gasteiger partial charge is 0.341 e. The Morgan fingerprint density at radius 2 is 2.00 bits per heavy atom. The van der Waals surface area contributed by atoms with Gasteiger partial charge in [-0.15, -0.1) is 0 Å². The van der Waals surface area contributed by atoms with Gasteiger partial charge in [0.2, 0.25) is 0 Å². The molecule has 1 fully saturated rings. The fraction of sp³-hybridized carbons (Fsp3) is 0.647. The van der Waals surface area contributed by atoms with Crippen LogP contribution in [-0.4, -0.2) is 79.0 Å². The van der Waals surface area contributed by atoms with Crippen LogP contribution < -0.4 is 0 Å². The average molecular weight is 302 g/mol. The van der Waals surface area contributed by atoms with Crippen molar-refractivity contribution in [3.63, 3.8) is 0 Å². The molecule has 120 valence electrons. The molecule has 5 nitrogen and oxygen atoms in total. The normalized spacial score (nSPS) is 24.2. The van der Waals surface area contributed by atoms with Gasteiger partial charge in [-0.05, 0) is 44.5 Å². The summed E-state index contributed by atoms with van der Waals surface area (Å²) in [5.74, 6) is 0.620. The molecule has 1 amide bonds. The van der Waals surface area contributed by atoms with Gasteiger partial charge in [0.1, 0.15) is 0 Å². The van der Waals surface area contributed by atoms with Crippen molar-refractivity contribution in [3.8, 4) is 0 Å². The fourth-order valence-corrected chi connectivity index (χ4v) is 3.44. The molecular formula is C17H26N4O. The van der Waals surface area contributed by atoms with E-state index >= 15 is 0 Å². The standard InChI is InChI=1S/C17H26N4O/c1-19-8-10-21(11-9-19)7-5-14-12-16-15(4-3-6-18-16)17(22)20(2)13-14/h3-4,6,14H,5,7-13H2,1-2H3. The molecule has 5 heteroatoms. The van der Waals surface area contributed by atoms with Crippen LogP contribution in [0.25, 0.3) is 0 Å². The molecule has 2 aliphatic heterocycles. The minimum atomic E-state index is 0.116. The molecule has 3 heterocycles. The van der Waals surface area contributed by atoms with Crippen molar-refractivity contribution in [1.82, 2.24) is 19.7 Å². The second-order valence-corrected chi connectivity index (χ2v) is 6.69. The molecule has 2 aliphatic rings. The summed E-state index contributed by atoms with van der Waals surface area (Å²) in [5.41, 5.74) is 1.76. The van der Waals surface area contributed by atoms with E-state index in [1.165, 1.54) is 0 Å². The zero-order valence-corrected chi connectivity index (χ0v) is 13.7. The molecule has 0 radical (unpaired) electrons. The predicted octanol–water partition coefficient (Wildman–Crippen LogP) is 0.963. The van der Waals surface area contributed by atoms with Crippen LogP contribution in [0.5, 0.6) is 0 Å². The summed E-state index contributed by atoms with van der Waals surface area (Å²) >= 11 is 0. The maximum absolute atomic E-state index is 12.4. The number of likely N-dealkylation sites (N-methyl/N-ethyl adjacent to an activating group) is 1. The molecule has 1 atom stereocenters. The van der Waals surface area contributed by atoms with Crippen molar-refractivity contribution in [1.29, 1.82) is 0 Å². The van der Waals surface area contributed by atoms with Crippen LogP contribution in [0.2, 0.25) is 0 Å². The number of pyridine rings is 1. The number of carbonyl (C=O) groups excluding carboxylic acids is 1. The second kappa shape index (κ2) is 6.75. The first kappa shape index (κ1) is 15.4. The Hall–Kier alpha value is -1.46. The van der Waals surface area contributed by atoms with E-state index in [9.17, 15) is 4.79 Å². The van der Waals surface area contributed by atoms with Gasteiger partial charge in [-0.2, -0.15) is 0 Å². The minimum absolute atomic E-state index is 0.116. The Morgan fingerprint density at radius 3 is 2.77 bits per heavy atom. The molecule has 0 aliphatic carbocycles. The molecule has 1 saturated heterocycles. The minimum Gasteiger partial charge on any atom is -0.341 e.